The van der Waals surface area contributed by atoms with Crippen molar-refractivity contribution in [1.82, 2.24) is 9.36 Å². The SMILES string of the molecule is COc1ccc(-c2nsc(NC(=O)COc3ccc(Cl)cc3)n2)cc1OC. The first kappa shape index (κ1) is 18.9. The highest BCUT2D eigenvalue weighted by Crippen LogP contribution is 2.32. The number of anilines is 1. The number of rotatable bonds is 7. The van der Waals surface area contributed by atoms with Gasteiger partial charge < -0.3 is 14.2 Å². The van der Waals surface area contributed by atoms with Crippen molar-refractivity contribution in [3.63, 3.8) is 0 Å². The lowest BCUT2D eigenvalue weighted by atomic mass is 10.2. The van der Waals surface area contributed by atoms with Gasteiger partial charge in [0.05, 0.1) is 14.2 Å². The maximum absolute atomic E-state index is 12.0. The first-order chi connectivity index (χ1) is 13.1. The van der Waals surface area contributed by atoms with Crippen molar-refractivity contribution in [3.05, 3.63) is 47.5 Å². The van der Waals surface area contributed by atoms with Gasteiger partial charge in [-0.15, -0.1) is 0 Å². The summed E-state index contributed by atoms with van der Waals surface area (Å²) in [5.41, 5.74) is 0.752. The van der Waals surface area contributed by atoms with E-state index in [-0.39, 0.29) is 12.5 Å². The van der Waals surface area contributed by atoms with Crippen molar-refractivity contribution in [2.45, 2.75) is 0 Å². The molecular formula is C18H16ClN3O4S. The highest BCUT2D eigenvalue weighted by Gasteiger charge is 2.12. The molecule has 0 fully saturated rings. The summed E-state index contributed by atoms with van der Waals surface area (Å²) in [6.45, 7) is -0.146. The summed E-state index contributed by atoms with van der Waals surface area (Å²) in [6, 6.07) is 12.1. The molecule has 2 aromatic carbocycles. The van der Waals surface area contributed by atoms with Gasteiger partial charge in [-0.2, -0.15) is 9.36 Å². The third kappa shape index (κ3) is 4.87. The Kier molecular flexibility index (Phi) is 6.10. The minimum absolute atomic E-state index is 0.146. The molecule has 3 rings (SSSR count). The molecule has 0 aliphatic carbocycles. The number of amides is 1. The van der Waals surface area contributed by atoms with Crippen LogP contribution in [-0.4, -0.2) is 36.1 Å². The maximum atomic E-state index is 12.0. The zero-order valence-corrected chi connectivity index (χ0v) is 16.1. The standard InChI is InChI=1S/C18H16ClN3O4S/c1-24-14-8-3-11(9-15(14)25-2)17-21-18(27-22-17)20-16(23)10-26-13-6-4-12(19)5-7-13/h3-9H,10H2,1-2H3,(H,20,21,22,23). The van der Waals surface area contributed by atoms with Crippen LogP contribution in [0.25, 0.3) is 11.4 Å². The maximum Gasteiger partial charge on any atom is 0.264 e. The fraction of sp³-hybridized carbons (Fsp3) is 0.167. The Morgan fingerprint density at radius 2 is 1.85 bits per heavy atom. The summed E-state index contributed by atoms with van der Waals surface area (Å²) in [7, 11) is 3.13. The normalized spacial score (nSPS) is 10.3. The summed E-state index contributed by atoms with van der Waals surface area (Å²) in [5.74, 6) is 1.89. The average molecular weight is 406 g/mol. The lowest BCUT2D eigenvalue weighted by molar-refractivity contribution is -0.118. The molecule has 0 bridgehead atoms. The van der Waals surface area contributed by atoms with E-state index in [4.69, 9.17) is 25.8 Å². The summed E-state index contributed by atoms with van der Waals surface area (Å²) in [5, 5.41) is 3.64. The molecule has 0 atom stereocenters. The van der Waals surface area contributed by atoms with Crippen molar-refractivity contribution in [2.75, 3.05) is 26.1 Å². The Balaban J connectivity index is 1.62. The predicted octanol–water partition coefficient (Wildman–Crippen LogP) is 3.89. The Hall–Kier alpha value is -2.84. The van der Waals surface area contributed by atoms with Crippen molar-refractivity contribution in [1.29, 1.82) is 0 Å². The molecule has 0 aliphatic rings. The Morgan fingerprint density at radius 3 is 2.56 bits per heavy atom. The molecule has 0 saturated heterocycles. The number of carbonyl (C=O) groups excluding carboxylic acids is 1. The Bertz CT molecular complexity index is 931. The van der Waals surface area contributed by atoms with Crippen LogP contribution in [0.2, 0.25) is 5.02 Å². The lowest BCUT2D eigenvalue weighted by Gasteiger charge is -2.07. The first-order valence-corrected chi connectivity index (χ1v) is 8.98. The molecule has 1 amide bonds. The van der Waals surface area contributed by atoms with Crippen LogP contribution < -0.4 is 19.5 Å². The number of nitrogens with one attached hydrogen (secondary N) is 1. The summed E-state index contributed by atoms with van der Waals surface area (Å²) < 4.78 is 20.2. The van der Waals surface area contributed by atoms with E-state index in [2.05, 4.69) is 14.7 Å². The van der Waals surface area contributed by atoms with Gasteiger partial charge in [0.2, 0.25) is 5.13 Å². The van der Waals surface area contributed by atoms with Gasteiger partial charge in [0.25, 0.3) is 5.91 Å². The van der Waals surface area contributed by atoms with E-state index < -0.39 is 0 Å². The van der Waals surface area contributed by atoms with Gasteiger partial charge in [0.15, 0.2) is 23.9 Å². The molecule has 0 unspecified atom stereocenters. The molecule has 3 aromatic rings. The van der Waals surface area contributed by atoms with Crippen LogP contribution in [0.5, 0.6) is 17.2 Å². The molecule has 7 nitrogen and oxygen atoms in total. The van der Waals surface area contributed by atoms with E-state index in [1.54, 1.807) is 50.6 Å². The van der Waals surface area contributed by atoms with Crippen LogP contribution in [0.1, 0.15) is 0 Å². The van der Waals surface area contributed by atoms with Crippen molar-refractivity contribution in [3.8, 4) is 28.6 Å². The van der Waals surface area contributed by atoms with Crippen LogP contribution in [0.3, 0.4) is 0 Å². The average Bonchev–Trinajstić information content (AvgIpc) is 3.15. The quantitative estimate of drug-likeness (QED) is 0.642. The van der Waals surface area contributed by atoms with Crippen molar-refractivity contribution < 1.29 is 19.0 Å². The van der Waals surface area contributed by atoms with Gasteiger partial charge in [-0.3, -0.25) is 10.1 Å². The first-order valence-electron chi connectivity index (χ1n) is 7.83. The number of methoxy groups -OCH3 is 2. The van der Waals surface area contributed by atoms with Crippen LogP contribution in [0.15, 0.2) is 42.5 Å². The Morgan fingerprint density at radius 1 is 1.11 bits per heavy atom. The smallest absolute Gasteiger partial charge is 0.264 e. The summed E-state index contributed by atoms with van der Waals surface area (Å²) >= 11 is 6.89. The molecule has 0 aliphatic heterocycles. The van der Waals surface area contributed by atoms with Gasteiger partial charge in [-0.1, -0.05) is 11.6 Å². The zero-order valence-electron chi connectivity index (χ0n) is 14.6. The zero-order chi connectivity index (χ0) is 19.2. The molecule has 1 N–H and O–H groups in total. The molecule has 1 heterocycles. The molecule has 27 heavy (non-hydrogen) atoms. The number of ether oxygens (including phenoxy) is 3. The second-order valence-electron chi connectivity index (χ2n) is 5.28. The fourth-order valence-corrected chi connectivity index (χ4v) is 2.93. The minimum Gasteiger partial charge on any atom is -0.493 e. The van der Waals surface area contributed by atoms with Gasteiger partial charge in [0, 0.05) is 22.1 Å². The second kappa shape index (κ2) is 8.70. The predicted molar refractivity (Wildman–Crippen MR) is 104 cm³/mol. The molecule has 140 valence electrons. The number of hydrogen-bond acceptors (Lipinski definition) is 7. The number of aromatic nitrogens is 2. The third-order valence-corrected chi connectivity index (χ3v) is 4.38. The van der Waals surface area contributed by atoms with E-state index in [1.807, 2.05) is 6.07 Å². The van der Waals surface area contributed by atoms with Crippen LogP contribution >= 0.6 is 23.1 Å². The van der Waals surface area contributed by atoms with Gasteiger partial charge in [-0.25, -0.2) is 0 Å². The van der Waals surface area contributed by atoms with E-state index in [0.717, 1.165) is 17.1 Å². The van der Waals surface area contributed by atoms with Crippen LogP contribution in [0, 0.1) is 0 Å². The second-order valence-corrected chi connectivity index (χ2v) is 6.47. The van der Waals surface area contributed by atoms with E-state index >= 15 is 0 Å². The monoisotopic (exact) mass is 405 g/mol. The summed E-state index contributed by atoms with van der Waals surface area (Å²) in [6.07, 6.45) is 0. The largest absolute Gasteiger partial charge is 0.493 e. The topological polar surface area (TPSA) is 82.6 Å². The lowest BCUT2D eigenvalue weighted by Crippen LogP contribution is -2.20. The van der Waals surface area contributed by atoms with Crippen LogP contribution in [0.4, 0.5) is 5.13 Å². The molecule has 9 heteroatoms. The number of benzene rings is 2. The number of carbonyl (C=O) groups is 1. The molecule has 0 spiro atoms. The van der Waals surface area contributed by atoms with Gasteiger partial charge in [-0.05, 0) is 42.5 Å². The van der Waals surface area contributed by atoms with Gasteiger partial charge >= 0.3 is 0 Å². The van der Waals surface area contributed by atoms with Crippen molar-refractivity contribution in [2.24, 2.45) is 0 Å². The fourth-order valence-electron chi connectivity index (χ4n) is 2.20. The highest BCUT2D eigenvalue weighted by molar-refractivity contribution is 7.10. The number of nitrogens with zero attached hydrogens (tertiary/aromatic N) is 2. The van der Waals surface area contributed by atoms with Gasteiger partial charge in [0.1, 0.15) is 5.75 Å². The van der Waals surface area contributed by atoms with Crippen molar-refractivity contribution >= 4 is 34.2 Å². The van der Waals surface area contributed by atoms with Crippen LogP contribution in [-0.2, 0) is 4.79 Å². The number of hydrogen-bond donors (Lipinski definition) is 1. The minimum atomic E-state index is -0.333. The number of halogens is 1. The Labute approximate surface area is 165 Å². The summed E-state index contributed by atoms with van der Waals surface area (Å²) in [4.78, 5) is 16.3. The molecule has 0 saturated carbocycles. The molecular weight excluding hydrogens is 390 g/mol. The van der Waals surface area contributed by atoms with E-state index in [0.29, 0.717) is 33.2 Å². The molecule has 0 radical (unpaired) electrons. The van der Waals surface area contributed by atoms with E-state index in [9.17, 15) is 4.79 Å². The highest BCUT2D eigenvalue weighted by atomic mass is 35.5. The molecule has 1 aromatic heterocycles. The third-order valence-electron chi connectivity index (χ3n) is 3.50. The van der Waals surface area contributed by atoms with E-state index in [1.165, 1.54) is 0 Å².